The molecule has 24 heavy (non-hydrogen) atoms. The van der Waals surface area contributed by atoms with Crippen molar-refractivity contribution >= 4 is 23.5 Å². The number of hydrogen-bond acceptors (Lipinski definition) is 5. The highest BCUT2D eigenvalue weighted by atomic mass is 16.6. The maximum Gasteiger partial charge on any atom is 0.432 e. The van der Waals surface area contributed by atoms with Gasteiger partial charge in [0.2, 0.25) is 0 Å². The Morgan fingerprint density at radius 1 is 1.29 bits per heavy atom. The van der Waals surface area contributed by atoms with E-state index in [-0.39, 0.29) is 17.1 Å². The summed E-state index contributed by atoms with van der Waals surface area (Å²) in [6.07, 6.45) is 0.00357. The van der Waals surface area contributed by atoms with Gasteiger partial charge in [-0.05, 0) is 11.5 Å². The molecular weight excluding hydrogens is 316 g/mol. The number of benzene rings is 1. The van der Waals surface area contributed by atoms with Crippen LogP contribution in [0.4, 0.5) is 16.3 Å². The Labute approximate surface area is 137 Å². The van der Waals surface area contributed by atoms with Crippen molar-refractivity contribution in [2.45, 2.75) is 26.2 Å². The standard InChI is InChI=1S/C15H16N4O5/c1-15(2,3)10-8-18(14(21)22)17-12(10)16-13(20)9-6-4-5-7-11(9)19(23)24/h4-8H,1-3H3,(H,21,22)(H,16,17,20). The first-order chi connectivity index (χ1) is 11.1. The third-order valence-electron chi connectivity index (χ3n) is 3.30. The smallest absolute Gasteiger partial charge is 0.432 e. The van der Waals surface area contributed by atoms with Crippen molar-refractivity contribution in [3.8, 4) is 0 Å². The van der Waals surface area contributed by atoms with Crippen molar-refractivity contribution in [2.75, 3.05) is 5.32 Å². The molecule has 0 radical (unpaired) electrons. The summed E-state index contributed by atoms with van der Waals surface area (Å²) in [6, 6.07) is 5.49. The quantitative estimate of drug-likeness (QED) is 0.657. The average Bonchev–Trinajstić information content (AvgIpc) is 2.91. The zero-order valence-electron chi connectivity index (χ0n) is 13.3. The molecule has 0 saturated carbocycles. The molecular formula is C15H16N4O5. The molecule has 0 aliphatic carbocycles. The fourth-order valence-electron chi connectivity index (χ4n) is 2.11. The number of nitro benzene ring substituents is 1. The van der Waals surface area contributed by atoms with E-state index in [0.717, 1.165) is 0 Å². The van der Waals surface area contributed by atoms with Crippen LogP contribution in [0, 0.1) is 10.1 Å². The van der Waals surface area contributed by atoms with Crippen molar-refractivity contribution in [3.05, 3.63) is 51.7 Å². The normalized spacial score (nSPS) is 11.1. The van der Waals surface area contributed by atoms with Gasteiger partial charge in [-0.25, -0.2) is 4.79 Å². The lowest BCUT2D eigenvalue weighted by atomic mass is 9.89. The Morgan fingerprint density at radius 3 is 2.46 bits per heavy atom. The number of carboxylic acid groups (broad SMARTS) is 1. The van der Waals surface area contributed by atoms with Crippen LogP contribution >= 0.6 is 0 Å². The van der Waals surface area contributed by atoms with Gasteiger partial charge in [-0.1, -0.05) is 32.9 Å². The van der Waals surface area contributed by atoms with E-state index in [9.17, 15) is 19.7 Å². The van der Waals surface area contributed by atoms with Crippen molar-refractivity contribution in [1.82, 2.24) is 9.78 Å². The lowest BCUT2D eigenvalue weighted by Gasteiger charge is -2.18. The van der Waals surface area contributed by atoms with Crippen LogP contribution in [-0.2, 0) is 5.41 Å². The number of nitrogens with zero attached hydrogens (tertiary/aromatic N) is 3. The largest absolute Gasteiger partial charge is 0.463 e. The summed E-state index contributed by atoms with van der Waals surface area (Å²) in [6.45, 7) is 5.49. The molecule has 0 fully saturated rings. The second kappa shape index (κ2) is 6.11. The van der Waals surface area contributed by atoms with Crippen molar-refractivity contribution in [1.29, 1.82) is 0 Å². The van der Waals surface area contributed by atoms with E-state index in [1.807, 2.05) is 20.8 Å². The van der Waals surface area contributed by atoms with Crippen LogP contribution in [0.3, 0.4) is 0 Å². The van der Waals surface area contributed by atoms with Crippen LogP contribution in [0.2, 0.25) is 0 Å². The molecule has 1 amide bonds. The summed E-state index contributed by atoms with van der Waals surface area (Å²) in [5.41, 5.74) is -0.465. The van der Waals surface area contributed by atoms with Gasteiger partial charge in [0.05, 0.1) is 4.92 Å². The van der Waals surface area contributed by atoms with Crippen molar-refractivity contribution in [3.63, 3.8) is 0 Å². The average molecular weight is 332 g/mol. The number of amides is 1. The van der Waals surface area contributed by atoms with Crippen LogP contribution in [0.15, 0.2) is 30.5 Å². The highest BCUT2D eigenvalue weighted by molar-refractivity contribution is 6.07. The molecule has 126 valence electrons. The minimum Gasteiger partial charge on any atom is -0.463 e. The Kier molecular flexibility index (Phi) is 4.36. The van der Waals surface area contributed by atoms with Gasteiger partial charge in [0.25, 0.3) is 11.6 Å². The molecule has 2 aromatic rings. The number of rotatable bonds is 3. The second-order valence-electron chi connectivity index (χ2n) is 6.10. The summed E-state index contributed by atoms with van der Waals surface area (Å²) in [7, 11) is 0. The first kappa shape index (κ1) is 17.1. The first-order valence-electron chi connectivity index (χ1n) is 6.99. The maximum absolute atomic E-state index is 12.4. The summed E-state index contributed by atoms with van der Waals surface area (Å²) >= 11 is 0. The number of aromatic nitrogens is 2. The molecule has 0 spiro atoms. The van der Waals surface area contributed by atoms with E-state index in [2.05, 4.69) is 10.4 Å². The molecule has 0 atom stereocenters. The molecule has 9 nitrogen and oxygen atoms in total. The predicted molar refractivity (Wildman–Crippen MR) is 85.4 cm³/mol. The van der Waals surface area contributed by atoms with Gasteiger partial charge in [-0.2, -0.15) is 4.68 Å². The maximum atomic E-state index is 12.4. The Hall–Kier alpha value is -3.23. The minimum atomic E-state index is -1.30. The number of carbonyl (C=O) groups excluding carboxylic acids is 1. The molecule has 0 aliphatic rings. The third kappa shape index (κ3) is 3.40. The highest BCUT2D eigenvalue weighted by Gasteiger charge is 2.26. The Morgan fingerprint density at radius 2 is 1.92 bits per heavy atom. The number of para-hydroxylation sites is 1. The Bertz CT molecular complexity index is 820. The molecule has 2 rings (SSSR count). The molecule has 1 aromatic carbocycles. The molecule has 9 heteroatoms. The highest BCUT2D eigenvalue weighted by Crippen LogP contribution is 2.29. The third-order valence-corrected chi connectivity index (χ3v) is 3.30. The zero-order chi connectivity index (χ0) is 18.1. The van der Waals surface area contributed by atoms with Gasteiger partial charge >= 0.3 is 6.09 Å². The topological polar surface area (TPSA) is 127 Å². The fraction of sp³-hybridized carbons (Fsp3) is 0.267. The van der Waals surface area contributed by atoms with E-state index in [4.69, 9.17) is 5.11 Å². The van der Waals surface area contributed by atoms with Gasteiger partial charge in [0.1, 0.15) is 5.56 Å². The summed E-state index contributed by atoms with van der Waals surface area (Å²) < 4.78 is 0.690. The zero-order valence-corrected chi connectivity index (χ0v) is 13.3. The molecule has 0 bridgehead atoms. The molecule has 0 saturated heterocycles. The van der Waals surface area contributed by atoms with E-state index in [1.165, 1.54) is 30.5 Å². The summed E-state index contributed by atoms with van der Waals surface area (Å²) in [5, 5.41) is 26.4. The minimum absolute atomic E-state index is 0.0491. The predicted octanol–water partition coefficient (Wildman–Crippen LogP) is 2.87. The number of nitrogens with one attached hydrogen (secondary N) is 1. The monoisotopic (exact) mass is 332 g/mol. The van der Waals surface area contributed by atoms with Crippen LogP contribution in [0.5, 0.6) is 0 Å². The number of hydrogen-bond donors (Lipinski definition) is 2. The van der Waals surface area contributed by atoms with Gasteiger partial charge in [-0.3, -0.25) is 14.9 Å². The second-order valence-corrected chi connectivity index (χ2v) is 6.10. The summed E-state index contributed by atoms with van der Waals surface area (Å²) in [4.78, 5) is 33.8. The van der Waals surface area contributed by atoms with E-state index in [1.54, 1.807) is 0 Å². The van der Waals surface area contributed by atoms with Crippen LogP contribution in [-0.4, -0.2) is 31.8 Å². The van der Waals surface area contributed by atoms with E-state index in [0.29, 0.717) is 10.2 Å². The summed E-state index contributed by atoms with van der Waals surface area (Å²) in [5.74, 6) is -0.684. The molecule has 2 N–H and O–H groups in total. The number of nitro groups is 1. The lowest BCUT2D eigenvalue weighted by Crippen LogP contribution is -2.19. The Balaban J connectivity index is 2.43. The van der Waals surface area contributed by atoms with Gasteiger partial charge in [0, 0.05) is 17.8 Å². The molecule has 1 aromatic heterocycles. The fourth-order valence-corrected chi connectivity index (χ4v) is 2.11. The van der Waals surface area contributed by atoms with Crippen molar-refractivity contribution in [2.24, 2.45) is 0 Å². The SMILES string of the molecule is CC(C)(C)c1cn(C(=O)O)nc1NC(=O)c1ccccc1[N+](=O)[O-]. The van der Waals surface area contributed by atoms with E-state index >= 15 is 0 Å². The van der Waals surface area contributed by atoms with E-state index < -0.39 is 22.3 Å². The van der Waals surface area contributed by atoms with Crippen LogP contribution in [0.1, 0.15) is 36.7 Å². The van der Waals surface area contributed by atoms with Crippen LogP contribution < -0.4 is 5.32 Å². The van der Waals surface area contributed by atoms with Gasteiger partial charge < -0.3 is 10.4 Å². The molecule has 0 aliphatic heterocycles. The van der Waals surface area contributed by atoms with Crippen LogP contribution in [0.25, 0.3) is 0 Å². The van der Waals surface area contributed by atoms with Gasteiger partial charge in [0.15, 0.2) is 5.82 Å². The number of carbonyl (C=O) groups is 2. The lowest BCUT2D eigenvalue weighted by molar-refractivity contribution is -0.385. The molecule has 1 heterocycles. The first-order valence-corrected chi connectivity index (χ1v) is 6.99. The van der Waals surface area contributed by atoms with Gasteiger partial charge in [-0.15, -0.1) is 5.10 Å². The molecule has 0 unspecified atom stereocenters. The number of anilines is 1. The van der Waals surface area contributed by atoms with Crippen molar-refractivity contribution < 1.29 is 19.6 Å².